The molecule has 5 nitrogen and oxygen atoms in total. The average molecular weight is 200 g/mol. The van der Waals surface area contributed by atoms with Crippen molar-refractivity contribution in [1.82, 2.24) is 0 Å². The van der Waals surface area contributed by atoms with Gasteiger partial charge in [0.15, 0.2) is 0 Å². The highest BCUT2D eigenvalue weighted by atomic mass is 32.2. The highest BCUT2D eigenvalue weighted by molar-refractivity contribution is 7.78. The van der Waals surface area contributed by atoms with E-state index in [0.717, 1.165) is 0 Å². The van der Waals surface area contributed by atoms with Crippen LogP contribution in [0.1, 0.15) is 5.56 Å². The molecule has 0 radical (unpaired) electrons. The van der Waals surface area contributed by atoms with Gasteiger partial charge in [-0.25, -0.2) is 0 Å². The predicted molar refractivity (Wildman–Crippen MR) is 45.7 cm³/mol. The molecule has 1 atom stereocenters. The van der Waals surface area contributed by atoms with Gasteiger partial charge in [0.25, 0.3) is 5.69 Å². The van der Waals surface area contributed by atoms with E-state index in [-0.39, 0.29) is 17.0 Å². The van der Waals surface area contributed by atoms with Crippen LogP contribution in [0.2, 0.25) is 0 Å². The van der Waals surface area contributed by atoms with E-state index in [4.69, 9.17) is 0 Å². The van der Waals surface area contributed by atoms with E-state index in [1.807, 2.05) is 0 Å². The fourth-order valence-corrected chi connectivity index (χ4v) is 1.44. The molecule has 0 N–H and O–H groups in total. The Morgan fingerprint density at radius 2 is 2.00 bits per heavy atom. The van der Waals surface area contributed by atoms with Gasteiger partial charge in [-0.2, -0.15) is 0 Å². The number of benzene rings is 1. The topological polar surface area (TPSA) is 83.3 Å². The van der Waals surface area contributed by atoms with E-state index in [1.165, 1.54) is 18.2 Å². The molecule has 0 aromatic heterocycles. The number of nitrogens with zero attached hydrogens (tertiary/aromatic N) is 1. The highest BCUT2D eigenvalue weighted by Gasteiger charge is 2.11. The van der Waals surface area contributed by atoms with Crippen LogP contribution in [0.5, 0.6) is 0 Å². The Morgan fingerprint density at radius 3 is 2.54 bits per heavy atom. The normalized spacial score (nSPS) is 12.4. The van der Waals surface area contributed by atoms with Gasteiger partial charge in [-0.1, -0.05) is 29.3 Å². The summed E-state index contributed by atoms with van der Waals surface area (Å²) < 4.78 is 20.6. The first kappa shape index (κ1) is 9.82. The first-order chi connectivity index (χ1) is 6.11. The third-order valence-corrected chi connectivity index (χ3v) is 2.01. The van der Waals surface area contributed by atoms with Crippen molar-refractivity contribution >= 4 is 16.8 Å². The van der Waals surface area contributed by atoms with Crippen LogP contribution in [-0.2, 0) is 16.8 Å². The summed E-state index contributed by atoms with van der Waals surface area (Å²) in [6, 6.07) is 5.76. The van der Waals surface area contributed by atoms with Gasteiger partial charge in [0.05, 0.1) is 4.92 Å². The maximum absolute atomic E-state index is 10.4. The van der Waals surface area contributed by atoms with E-state index in [0.29, 0.717) is 0 Å². The zero-order chi connectivity index (χ0) is 9.84. The number of nitro benzene ring substituents is 1. The molecule has 13 heavy (non-hydrogen) atoms. The molecular weight excluding hydrogens is 194 g/mol. The lowest BCUT2D eigenvalue weighted by Crippen LogP contribution is -1.98. The summed E-state index contributed by atoms with van der Waals surface area (Å²) in [5, 5.41) is 10.4. The predicted octanol–water partition coefficient (Wildman–Crippen LogP) is 0.974. The van der Waals surface area contributed by atoms with Crippen LogP contribution >= 0.6 is 0 Å². The van der Waals surface area contributed by atoms with E-state index in [2.05, 4.69) is 0 Å². The Kier molecular flexibility index (Phi) is 3.10. The smallest absolute Gasteiger partial charge is 0.273 e. The average Bonchev–Trinajstić information content (AvgIpc) is 2.03. The number of hydrogen-bond donors (Lipinski definition) is 0. The summed E-state index contributed by atoms with van der Waals surface area (Å²) in [6.45, 7) is 0. The summed E-state index contributed by atoms with van der Waals surface area (Å²) in [5.74, 6) is -0.322. The van der Waals surface area contributed by atoms with Crippen LogP contribution in [0.3, 0.4) is 0 Å². The lowest BCUT2D eigenvalue weighted by Gasteiger charge is -2.04. The molecule has 0 aliphatic carbocycles. The monoisotopic (exact) mass is 200 g/mol. The molecule has 0 heterocycles. The quantitative estimate of drug-likeness (QED) is 0.413. The number of para-hydroxylation sites is 1. The SMILES string of the molecule is O=[N+]([O-])c1ccccc1CS(=O)[O-]. The molecule has 0 aliphatic rings. The van der Waals surface area contributed by atoms with Crippen molar-refractivity contribution in [3.63, 3.8) is 0 Å². The zero-order valence-corrected chi connectivity index (χ0v) is 7.32. The van der Waals surface area contributed by atoms with Gasteiger partial charge in [0, 0.05) is 17.4 Å². The van der Waals surface area contributed by atoms with Gasteiger partial charge in [0.2, 0.25) is 0 Å². The highest BCUT2D eigenvalue weighted by Crippen LogP contribution is 2.18. The molecule has 1 unspecified atom stereocenters. The van der Waals surface area contributed by atoms with Crippen molar-refractivity contribution < 1.29 is 13.7 Å². The van der Waals surface area contributed by atoms with Gasteiger partial charge in [0.1, 0.15) is 0 Å². The Balaban J connectivity index is 3.04. The second kappa shape index (κ2) is 4.11. The number of rotatable bonds is 3. The largest absolute Gasteiger partial charge is 0.772 e. The van der Waals surface area contributed by atoms with E-state index >= 15 is 0 Å². The lowest BCUT2D eigenvalue weighted by molar-refractivity contribution is -0.385. The molecule has 1 aromatic carbocycles. The molecule has 0 amide bonds. The molecule has 0 saturated carbocycles. The van der Waals surface area contributed by atoms with Crippen LogP contribution in [0.15, 0.2) is 24.3 Å². The van der Waals surface area contributed by atoms with Crippen molar-refractivity contribution in [2.75, 3.05) is 0 Å². The van der Waals surface area contributed by atoms with Crippen molar-refractivity contribution in [3.05, 3.63) is 39.9 Å². The minimum Gasteiger partial charge on any atom is -0.772 e. The standard InChI is InChI=1S/C7H7NO4S/c9-8(10)7-4-2-1-3-6(7)5-13(11)12/h1-4H,5H2,(H,11,12)/p-1. The first-order valence-corrected chi connectivity index (χ1v) is 4.64. The molecule has 0 saturated heterocycles. The number of nitro groups is 1. The summed E-state index contributed by atoms with van der Waals surface area (Å²) in [6.07, 6.45) is 0. The lowest BCUT2D eigenvalue weighted by atomic mass is 10.2. The molecule has 1 rings (SSSR count). The van der Waals surface area contributed by atoms with E-state index in [9.17, 15) is 18.9 Å². The van der Waals surface area contributed by atoms with Gasteiger partial charge >= 0.3 is 0 Å². The molecule has 1 aromatic rings. The van der Waals surface area contributed by atoms with Gasteiger partial charge in [-0.15, -0.1) is 0 Å². The van der Waals surface area contributed by atoms with Crippen LogP contribution in [0.4, 0.5) is 5.69 Å². The Hall–Kier alpha value is -1.27. The minimum absolute atomic E-state index is 0.160. The van der Waals surface area contributed by atoms with Crippen LogP contribution in [-0.4, -0.2) is 13.7 Å². The molecular formula is C7H6NO4S-. The fraction of sp³-hybridized carbons (Fsp3) is 0.143. The van der Waals surface area contributed by atoms with Gasteiger partial charge in [-0.3, -0.25) is 14.3 Å². The summed E-state index contributed by atoms with van der Waals surface area (Å²) in [4.78, 5) is 9.81. The third-order valence-electron chi connectivity index (χ3n) is 1.46. The Morgan fingerprint density at radius 1 is 1.38 bits per heavy atom. The molecule has 0 spiro atoms. The second-order valence-electron chi connectivity index (χ2n) is 2.33. The molecule has 70 valence electrons. The van der Waals surface area contributed by atoms with Crippen LogP contribution in [0, 0.1) is 10.1 Å². The molecule has 0 fully saturated rings. The van der Waals surface area contributed by atoms with E-state index in [1.54, 1.807) is 6.07 Å². The van der Waals surface area contributed by atoms with Gasteiger partial charge in [-0.05, 0) is 0 Å². The second-order valence-corrected chi connectivity index (χ2v) is 3.23. The summed E-state index contributed by atoms with van der Waals surface area (Å²) in [7, 11) is 0. The van der Waals surface area contributed by atoms with Crippen LogP contribution < -0.4 is 0 Å². The summed E-state index contributed by atoms with van der Waals surface area (Å²) in [5.41, 5.74) is 0.0486. The molecule has 6 heteroatoms. The maximum atomic E-state index is 10.4. The third kappa shape index (κ3) is 2.60. The summed E-state index contributed by atoms with van der Waals surface area (Å²) >= 11 is -2.30. The van der Waals surface area contributed by atoms with Gasteiger partial charge < -0.3 is 4.55 Å². The van der Waals surface area contributed by atoms with E-state index < -0.39 is 16.0 Å². The number of hydrogen-bond acceptors (Lipinski definition) is 4. The van der Waals surface area contributed by atoms with Crippen molar-refractivity contribution in [2.45, 2.75) is 5.75 Å². The fourth-order valence-electron chi connectivity index (χ4n) is 0.938. The Labute approximate surface area is 76.8 Å². The zero-order valence-electron chi connectivity index (χ0n) is 6.50. The van der Waals surface area contributed by atoms with Crippen molar-refractivity contribution in [2.24, 2.45) is 0 Å². The minimum atomic E-state index is -2.30. The molecule has 0 aliphatic heterocycles. The maximum Gasteiger partial charge on any atom is 0.273 e. The first-order valence-electron chi connectivity index (χ1n) is 3.39. The van der Waals surface area contributed by atoms with Crippen molar-refractivity contribution in [3.8, 4) is 0 Å². The molecule has 0 bridgehead atoms. The van der Waals surface area contributed by atoms with Crippen molar-refractivity contribution in [1.29, 1.82) is 0 Å². The van der Waals surface area contributed by atoms with Crippen LogP contribution in [0.25, 0.3) is 0 Å². The Bertz CT molecular complexity index is 352.